The van der Waals surface area contributed by atoms with Crippen molar-refractivity contribution in [3.8, 4) is 11.3 Å². The molecular formula is C16H17N3OS. The van der Waals surface area contributed by atoms with Gasteiger partial charge in [0.15, 0.2) is 0 Å². The number of aromatic nitrogens is 3. The molecule has 0 radical (unpaired) electrons. The van der Waals surface area contributed by atoms with Gasteiger partial charge in [0.25, 0.3) is 0 Å². The number of aryl methyl sites for hydroxylation is 2. The topological polar surface area (TPSA) is 39.4 Å². The fraction of sp³-hybridized carbons (Fsp3) is 0.375. The Morgan fingerprint density at radius 3 is 3.00 bits per heavy atom. The molecule has 1 aromatic carbocycles. The summed E-state index contributed by atoms with van der Waals surface area (Å²) in [5.41, 5.74) is 4.67. The molecule has 1 aliphatic heterocycles. The van der Waals surface area contributed by atoms with Crippen LogP contribution < -0.4 is 0 Å². The molecule has 1 saturated heterocycles. The lowest BCUT2D eigenvalue weighted by Crippen LogP contribution is -1.95. The summed E-state index contributed by atoms with van der Waals surface area (Å²) in [5.74, 6) is 0. The maximum Gasteiger partial charge on any atom is 0.212 e. The van der Waals surface area contributed by atoms with Gasteiger partial charge in [-0.2, -0.15) is 5.10 Å². The van der Waals surface area contributed by atoms with Crippen LogP contribution in [-0.2, 0) is 4.74 Å². The van der Waals surface area contributed by atoms with E-state index in [1.165, 1.54) is 16.7 Å². The molecule has 0 spiro atoms. The van der Waals surface area contributed by atoms with Crippen molar-refractivity contribution in [2.45, 2.75) is 32.8 Å². The van der Waals surface area contributed by atoms with E-state index < -0.39 is 0 Å². The summed E-state index contributed by atoms with van der Waals surface area (Å²) in [6, 6.07) is 6.46. The minimum absolute atomic E-state index is 0.167. The molecule has 1 aliphatic rings. The van der Waals surface area contributed by atoms with Gasteiger partial charge in [-0.25, -0.2) is 9.50 Å². The molecule has 1 unspecified atom stereocenters. The van der Waals surface area contributed by atoms with Crippen molar-refractivity contribution >= 4 is 16.3 Å². The average Bonchev–Trinajstić information content (AvgIpc) is 3.14. The Labute approximate surface area is 127 Å². The molecular weight excluding hydrogens is 282 g/mol. The molecule has 2 aromatic heterocycles. The number of ether oxygens (including phenoxy) is 1. The molecule has 4 nitrogen and oxygen atoms in total. The molecule has 4 rings (SSSR count). The standard InChI is InChI=1S/C16H17N3OS/c1-10-5-6-11(2)12(8-10)13-9-19-16(17-13)21-15(18-19)14-4-3-7-20-14/h5-6,8-9,14H,3-4,7H2,1-2H3. The zero-order chi connectivity index (χ0) is 14.4. The maximum atomic E-state index is 5.69. The quantitative estimate of drug-likeness (QED) is 0.720. The highest BCUT2D eigenvalue weighted by Gasteiger charge is 2.22. The summed E-state index contributed by atoms with van der Waals surface area (Å²) in [7, 11) is 0. The second-order valence-corrected chi connectivity index (χ2v) is 6.60. The smallest absolute Gasteiger partial charge is 0.212 e. The lowest BCUT2D eigenvalue weighted by Gasteiger charge is -2.04. The molecule has 0 amide bonds. The third-order valence-corrected chi connectivity index (χ3v) is 4.95. The summed E-state index contributed by atoms with van der Waals surface area (Å²) in [6.45, 7) is 5.07. The molecule has 1 atom stereocenters. The molecule has 21 heavy (non-hydrogen) atoms. The second-order valence-electron chi connectivity index (χ2n) is 5.61. The van der Waals surface area contributed by atoms with Gasteiger partial charge in [0.05, 0.1) is 11.9 Å². The highest BCUT2D eigenvalue weighted by Crippen LogP contribution is 2.33. The minimum atomic E-state index is 0.167. The van der Waals surface area contributed by atoms with Gasteiger partial charge in [-0.1, -0.05) is 29.0 Å². The van der Waals surface area contributed by atoms with Gasteiger partial charge in [-0.3, -0.25) is 0 Å². The maximum absolute atomic E-state index is 5.69. The summed E-state index contributed by atoms with van der Waals surface area (Å²) >= 11 is 1.64. The molecule has 3 aromatic rings. The monoisotopic (exact) mass is 299 g/mol. The summed E-state index contributed by atoms with van der Waals surface area (Å²) < 4.78 is 7.58. The number of rotatable bonds is 2. The first-order valence-corrected chi connectivity index (χ1v) is 8.08. The van der Waals surface area contributed by atoms with Crippen molar-refractivity contribution in [3.05, 3.63) is 40.5 Å². The Kier molecular flexibility index (Phi) is 3.05. The first-order valence-electron chi connectivity index (χ1n) is 7.26. The van der Waals surface area contributed by atoms with Gasteiger partial charge in [0.1, 0.15) is 11.1 Å². The van der Waals surface area contributed by atoms with E-state index >= 15 is 0 Å². The molecule has 108 valence electrons. The van der Waals surface area contributed by atoms with E-state index in [1.807, 2.05) is 10.7 Å². The number of nitrogens with zero attached hydrogens (tertiary/aromatic N) is 3. The van der Waals surface area contributed by atoms with E-state index in [0.717, 1.165) is 35.1 Å². The van der Waals surface area contributed by atoms with Crippen molar-refractivity contribution < 1.29 is 4.74 Å². The van der Waals surface area contributed by atoms with Crippen LogP contribution in [0.3, 0.4) is 0 Å². The van der Waals surface area contributed by atoms with Crippen molar-refractivity contribution in [1.82, 2.24) is 14.6 Å². The molecule has 3 heterocycles. The molecule has 5 heteroatoms. The van der Waals surface area contributed by atoms with Crippen molar-refractivity contribution in [1.29, 1.82) is 0 Å². The number of benzene rings is 1. The highest BCUT2D eigenvalue weighted by molar-refractivity contribution is 7.16. The van der Waals surface area contributed by atoms with Crippen molar-refractivity contribution in [2.75, 3.05) is 6.61 Å². The van der Waals surface area contributed by atoms with Gasteiger partial charge in [0.2, 0.25) is 4.96 Å². The van der Waals surface area contributed by atoms with E-state index in [-0.39, 0.29) is 6.10 Å². The fourth-order valence-electron chi connectivity index (χ4n) is 2.76. The predicted molar refractivity (Wildman–Crippen MR) is 83.7 cm³/mol. The highest BCUT2D eigenvalue weighted by atomic mass is 32.1. The third-order valence-electron chi connectivity index (χ3n) is 3.93. The van der Waals surface area contributed by atoms with Crippen LogP contribution in [0.25, 0.3) is 16.2 Å². The normalized spacial score (nSPS) is 18.7. The number of fused-ring (bicyclic) bond motifs is 1. The molecule has 0 N–H and O–H groups in total. The van der Waals surface area contributed by atoms with E-state index in [1.54, 1.807) is 11.3 Å². The van der Waals surface area contributed by atoms with Gasteiger partial charge >= 0.3 is 0 Å². The third kappa shape index (κ3) is 2.26. The van der Waals surface area contributed by atoms with Crippen LogP contribution in [0.4, 0.5) is 0 Å². The van der Waals surface area contributed by atoms with Crippen LogP contribution in [0.5, 0.6) is 0 Å². The van der Waals surface area contributed by atoms with Crippen LogP contribution in [0.15, 0.2) is 24.4 Å². The van der Waals surface area contributed by atoms with Crippen LogP contribution in [0, 0.1) is 13.8 Å². The summed E-state index contributed by atoms with van der Waals surface area (Å²) in [4.78, 5) is 5.68. The molecule has 1 fully saturated rings. The van der Waals surface area contributed by atoms with Crippen LogP contribution in [0.1, 0.15) is 35.1 Å². The van der Waals surface area contributed by atoms with Gasteiger partial charge in [0, 0.05) is 12.2 Å². The average molecular weight is 299 g/mol. The lowest BCUT2D eigenvalue weighted by atomic mass is 10.0. The second kappa shape index (κ2) is 4.93. The molecule has 0 aliphatic carbocycles. The fourth-order valence-corrected chi connectivity index (χ4v) is 3.72. The van der Waals surface area contributed by atoms with Gasteiger partial charge in [-0.05, 0) is 38.3 Å². The van der Waals surface area contributed by atoms with Crippen molar-refractivity contribution in [3.63, 3.8) is 0 Å². The Hall–Kier alpha value is -1.72. The van der Waals surface area contributed by atoms with Gasteiger partial charge in [-0.15, -0.1) is 0 Å². The predicted octanol–water partition coefficient (Wildman–Crippen LogP) is 3.93. The first-order chi connectivity index (χ1) is 10.2. The number of imidazole rings is 1. The Balaban J connectivity index is 1.74. The number of hydrogen-bond acceptors (Lipinski definition) is 4. The lowest BCUT2D eigenvalue weighted by molar-refractivity contribution is 0.111. The summed E-state index contributed by atoms with van der Waals surface area (Å²) in [6.07, 6.45) is 4.38. The van der Waals surface area contributed by atoms with E-state index in [9.17, 15) is 0 Å². The zero-order valence-corrected chi connectivity index (χ0v) is 13.0. The van der Waals surface area contributed by atoms with Gasteiger partial charge < -0.3 is 4.74 Å². The van der Waals surface area contributed by atoms with E-state index in [0.29, 0.717) is 0 Å². The van der Waals surface area contributed by atoms with Crippen LogP contribution >= 0.6 is 11.3 Å². The van der Waals surface area contributed by atoms with Crippen molar-refractivity contribution in [2.24, 2.45) is 0 Å². The first kappa shape index (κ1) is 13.0. The number of hydrogen-bond donors (Lipinski definition) is 0. The SMILES string of the molecule is Cc1ccc(C)c(-c2cn3nc(C4CCCO4)sc3n2)c1. The van der Waals surface area contributed by atoms with Crippen LogP contribution in [-0.4, -0.2) is 21.2 Å². The minimum Gasteiger partial charge on any atom is -0.371 e. The molecule has 0 saturated carbocycles. The molecule has 0 bridgehead atoms. The van der Waals surface area contributed by atoms with E-state index in [4.69, 9.17) is 9.72 Å². The summed E-state index contributed by atoms with van der Waals surface area (Å²) in [5, 5.41) is 5.68. The Morgan fingerprint density at radius 2 is 2.24 bits per heavy atom. The zero-order valence-electron chi connectivity index (χ0n) is 12.2. The Morgan fingerprint density at radius 1 is 1.33 bits per heavy atom. The largest absolute Gasteiger partial charge is 0.371 e. The Bertz CT molecular complexity index is 768. The van der Waals surface area contributed by atoms with E-state index in [2.05, 4.69) is 37.1 Å². The van der Waals surface area contributed by atoms with Crippen LogP contribution in [0.2, 0.25) is 0 Å².